The Morgan fingerprint density at radius 3 is 2.43 bits per heavy atom. The maximum atomic E-state index is 12.5. The largest absolute Gasteiger partial charge is 0.462 e. The van der Waals surface area contributed by atoms with Crippen LogP contribution in [0.15, 0.2) is 60.3 Å². The molecule has 0 bridgehead atoms. The smallest absolute Gasteiger partial charge is 0.340 e. The molecule has 0 aliphatic heterocycles. The average molecular weight is 405 g/mol. The number of unbranched alkanes of at least 4 members (excludes halogenated alkanes) is 1. The van der Waals surface area contributed by atoms with Gasteiger partial charge in [-0.15, -0.1) is 0 Å². The molecule has 7 nitrogen and oxygen atoms in total. The first kappa shape index (κ1) is 22.4. The van der Waals surface area contributed by atoms with Crippen molar-refractivity contribution in [3.63, 3.8) is 0 Å². The summed E-state index contributed by atoms with van der Waals surface area (Å²) < 4.78 is 5.20. The van der Waals surface area contributed by atoms with Crippen molar-refractivity contribution in [3.05, 3.63) is 71.4 Å². The predicted molar refractivity (Wildman–Crippen MR) is 114 cm³/mol. The van der Waals surface area contributed by atoms with E-state index in [2.05, 4.69) is 10.6 Å². The van der Waals surface area contributed by atoms with Crippen LogP contribution in [0.1, 0.15) is 47.4 Å². The number of para-hydroxylation sites is 1. The van der Waals surface area contributed by atoms with Crippen molar-refractivity contribution in [1.82, 2.24) is 0 Å². The molecule has 0 heterocycles. The lowest BCUT2D eigenvalue weighted by Crippen LogP contribution is -2.18. The highest BCUT2D eigenvalue weighted by atomic mass is 16.5. The van der Waals surface area contributed by atoms with Crippen molar-refractivity contribution in [1.29, 1.82) is 5.26 Å². The van der Waals surface area contributed by atoms with Crippen molar-refractivity contribution in [2.24, 2.45) is 0 Å². The quantitative estimate of drug-likeness (QED) is 0.212. The Kier molecular flexibility index (Phi) is 8.33. The highest BCUT2D eigenvalue weighted by Crippen LogP contribution is 2.18. The van der Waals surface area contributed by atoms with Crippen LogP contribution in [0, 0.1) is 11.3 Å². The monoisotopic (exact) mass is 405 g/mol. The van der Waals surface area contributed by atoms with Crippen LogP contribution < -0.4 is 10.6 Å². The molecule has 2 aromatic rings. The van der Waals surface area contributed by atoms with Crippen LogP contribution in [-0.4, -0.2) is 24.3 Å². The Morgan fingerprint density at radius 1 is 1.10 bits per heavy atom. The topological polar surface area (TPSA) is 108 Å². The summed E-state index contributed by atoms with van der Waals surface area (Å²) in [4.78, 5) is 36.1. The first-order chi connectivity index (χ1) is 14.5. The van der Waals surface area contributed by atoms with Gasteiger partial charge in [-0.2, -0.15) is 5.26 Å². The minimum absolute atomic E-state index is 0.0546. The summed E-state index contributed by atoms with van der Waals surface area (Å²) in [5.74, 6) is -1.26. The number of hydrogen-bond acceptors (Lipinski definition) is 6. The molecule has 154 valence electrons. The molecule has 0 radical (unpaired) electrons. The molecule has 0 aromatic heterocycles. The van der Waals surface area contributed by atoms with E-state index in [4.69, 9.17) is 4.74 Å². The number of anilines is 2. The number of nitrogens with one attached hydrogen (secondary N) is 2. The molecule has 1 amide bonds. The number of hydrogen-bond donors (Lipinski definition) is 2. The summed E-state index contributed by atoms with van der Waals surface area (Å²) >= 11 is 0. The lowest BCUT2D eigenvalue weighted by molar-refractivity contribution is -0.112. The third-order valence-corrected chi connectivity index (χ3v) is 4.17. The SMILES string of the molecule is CCCCOC(=O)c1ccccc1NC(=O)/C(C#N)=C\Nc1ccc(C(C)=O)cc1. The number of rotatable bonds is 9. The lowest BCUT2D eigenvalue weighted by Gasteiger charge is -2.10. The van der Waals surface area contributed by atoms with Crippen LogP contribution >= 0.6 is 0 Å². The molecule has 0 spiro atoms. The molecule has 0 saturated heterocycles. The number of benzene rings is 2. The summed E-state index contributed by atoms with van der Waals surface area (Å²) in [7, 11) is 0. The van der Waals surface area contributed by atoms with Gasteiger partial charge < -0.3 is 15.4 Å². The highest BCUT2D eigenvalue weighted by Gasteiger charge is 2.16. The predicted octanol–water partition coefficient (Wildman–Crippen LogP) is 4.30. The molecular weight excluding hydrogens is 382 g/mol. The minimum Gasteiger partial charge on any atom is -0.462 e. The van der Waals surface area contributed by atoms with Crippen molar-refractivity contribution in [2.45, 2.75) is 26.7 Å². The number of ketones is 1. The molecule has 0 aliphatic carbocycles. The van der Waals surface area contributed by atoms with Crippen LogP contribution in [0.25, 0.3) is 0 Å². The van der Waals surface area contributed by atoms with E-state index < -0.39 is 11.9 Å². The van der Waals surface area contributed by atoms with E-state index in [1.54, 1.807) is 48.5 Å². The van der Waals surface area contributed by atoms with Crippen LogP contribution in [0.4, 0.5) is 11.4 Å². The molecule has 0 saturated carbocycles. The third kappa shape index (κ3) is 6.31. The number of nitrogens with zero attached hydrogens (tertiary/aromatic N) is 1. The zero-order valence-corrected chi connectivity index (χ0v) is 16.9. The molecule has 30 heavy (non-hydrogen) atoms. The normalized spacial score (nSPS) is 10.6. The summed E-state index contributed by atoms with van der Waals surface area (Å²) in [6.45, 7) is 3.76. The van der Waals surface area contributed by atoms with E-state index in [1.807, 2.05) is 13.0 Å². The Bertz CT molecular complexity index is 988. The zero-order chi connectivity index (χ0) is 21.9. The number of nitriles is 1. The van der Waals surface area contributed by atoms with Gasteiger partial charge in [0.05, 0.1) is 17.9 Å². The van der Waals surface area contributed by atoms with Gasteiger partial charge in [-0.25, -0.2) is 4.79 Å². The fourth-order valence-electron chi connectivity index (χ4n) is 2.45. The van der Waals surface area contributed by atoms with E-state index in [0.29, 0.717) is 17.9 Å². The number of ether oxygens (including phenoxy) is 1. The van der Waals surface area contributed by atoms with Gasteiger partial charge in [-0.3, -0.25) is 9.59 Å². The zero-order valence-electron chi connectivity index (χ0n) is 16.9. The molecule has 7 heteroatoms. The van der Waals surface area contributed by atoms with E-state index in [-0.39, 0.29) is 22.6 Å². The molecule has 2 rings (SSSR count). The summed E-state index contributed by atoms with van der Waals surface area (Å²) in [6, 6.07) is 14.9. The Morgan fingerprint density at radius 2 is 1.80 bits per heavy atom. The third-order valence-electron chi connectivity index (χ3n) is 4.17. The van der Waals surface area contributed by atoms with Crippen LogP contribution in [0.2, 0.25) is 0 Å². The Hall–Kier alpha value is -3.92. The van der Waals surface area contributed by atoms with Crippen molar-refractivity contribution in [3.8, 4) is 6.07 Å². The van der Waals surface area contributed by atoms with Gasteiger partial charge in [0.1, 0.15) is 11.6 Å². The average Bonchev–Trinajstić information content (AvgIpc) is 2.75. The molecule has 0 aliphatic rings. The van der Waals surface area contributed by atoms with E-state index in [0.717, 1.165) is 12.8 Å². The Labute approximate surface area is 175 Å². The minimum atomic E-state index is -0.667. The first-order valence-corrected chi connectivity index (χ1v) is 9.51. The fraction of sp³-hybridized carbons (Fsp3) is 0.217. The summed E-state index contributed by atoms with van der Waals surface area (Å²) in [6.07, 6.45) is 2.91. The fourth-order valence-corrected chi connectivity index (χ4v) is 2.45. The van der Waals surface area contributed by atoms with E-state index in [9.17, 15) is 19.6 Å². The standard InChI is InChI=1S/C23H23N3O4/c1-3-4-13-30-23(29)20-7-5-6-8-21(20)26-22(28)18(14-24)15-25-19-11-9-17(10-12-19)16(2)27/h5-12,15,25H,3-4,13H2,1-2H3,(H,26,28)/b18-15-. The number of esters is 1. The number of carbonyl (C=O) groups excluding carboxylic acids is 3. The van der Waals surface area contributed by atoms with Crippen LogP contribution in [0.5, 0.6) is 0 Å². The number of carbonyl (C=O) groups is 3. The molecule has 0 unspecified atom stereocenters. The maximum Gasteiger partial charge on any atom is 0.340 e. The molecule has 0 fully saturated rings. The molecule has 2 N–H and O–H groups in total. The van der Waals surface area contributed by atoms with Gasteiger partial charge in [0.25, 0.3) is 5.91 Å². The lowest BCUT2D eigenvalue weighted by atomic mass is 10.1. The van der Waals surface area contributed by atoms with Gasteiger partial charge in [-0.1, -0.05) is 25.5 Å². The van der Waals surface area contributed by atoms with Gasteiger partial charge in [0.2, 0.25) is 0 Å². The van der Waals surface area contributed by atoms with Crippen molar-refractivity contribution in [2.75, 3.05) is 17.2 Å². The van der Waals surface area contributed by atoms with E-state index >= 15 is 0 Å². The number of Topliss-reactive ketones (excluding diaryl/α,β-unsaturated/α-hetero) is 1. The molecule has 0 atom stereocenters. The van der Waals surface area contributed by atoms with Gasteiger partial charge in [0.15, 0.2) is 5.78 Å². The highest BCUT2D eigenvalue weighted by molar-refractivity contribution is 6.09. The van der Waals surface area contributed by atoms with Crippen LogP contribution in [0.3, 0.4) is 0 Å². The van der Waals surface area contributed by atoms with Crippen molar-refractivity contribution < 1.29 is 19.1 Å². The van der Waals surface area contributed by atoms with Gasteiger partial charge in [0, 0.05) is 17.5 Å². The number of amides is 1. The molecule has 2 aromatic carbocycles. The second-order valence-corrected chi connectivity index (χ2v) is 6.44. The second-order valence-electron chi connectivity index (χ2n) is 6.44. The second kappa shape index (κ2) is 11.2. The first-order valence-electron chi connectivity index (χ1n) is 9.51. The molecular formula is C23H23N3O4. The van der Waals surface area contributed by atoms with Gasteiger partial charge >= 0.3 is 5.97 Å². The van der Waals surface area contributed by atoms with Crippen LogP contribution in [-0.2, 0) is 9.53 Å². The maximum absolute atomic E-state index is 12.5. The van der Waals surface area contributed by atoms with E-state index in [1.165, 1.54) is 13.1 Å². The Balaban J connectivity index is 2.10. The summed E-state index contributed by atoms with van der Waals surface area (Å²) in [5, 5.41) is 14.8. The summed E-state index contributed by atoms with van der Waals surface area (Å²) in [5.41, 5.74) is 1.47. The van der Waals surface area contributed by atoms with Gasteiger partial charge in [-0.05, 0) is 49.7 Å². The van der Waals surface area contributed by atoms with Crippen molar-refractivity contribution >= 4 is 29.0 Å².